The SMILES string of the molecule is CCOC(=O)[C@@H](CC(=O)O)NC(=O)/C(C)=C/[C@H](C(C)C)N(C)C(=O)[C@@H](NC(=O)[C@@H](N(C)C(=O)OC(C)(C)C)C(C)(C)c1cn(C)c2ccccc12)C(C)(C)C. The smallest absolute Gasteiger partial charge is 0.410 e. The number of aliphatic carboxylic acids is 1. The van der Waals surface area contributed by atoms with Crippen molar-refractivity contribution in [1.29, 1.82) is 0 Å². The molecule has 4 atom stereocenters. The average Bonchev–Trinajstić information content (AvgIpc) is 3.40. The van der Waals surface area contributed by atoms with Gasteiger partial charge in [0.15, 0.2) is 0 Å². The first-order valence-corrected chi connectivity index (χ1v) is 18.6. The predicted molar refractivity (Wildman–Crippen MR) is 211 cm³/mol. The Labute approximate surface area is 325 Å². The standard InChI is InChI=1S/C41H63N5O9/c1-16-54-37(52)28(22-31(47)48)42-34(49)25(4)21-30(24(2)3)45(14)36(51)32(39(5,6)7)43-35(50)33(46(15)38(53)55-40(8,9)10)41(11,12)27-23-44(13)29-20-18-17-19-26(27)29/h17-21,23-24,28,30,32-33H,16,22H2,1-15H3,(H,42,49)(H,43,50)(H,47,48)/b25-21+/t28-,30-,32-,33-/m1/s1. The summed E-state index contributed by atoms with van der Waals surface area (Å²) in [6, 6.07) is 3.50. The molecule has 14 nitrogen and oxygen atoms in total. The van der Waals surface area contributed by atoms with Gasteiger partial charge in [-0.25, -0.2) is 9.59 Å². The number of rotatable bonds is 15. The molecule has 0 unspecified atom stereocenters. The van der Waals surface area contributed by atoms with Crippen LogP contribution in [-0.2, 0) is 45.9 Å². The summed E-state index contributed by atoms with van der Waals surface area (Å²) in [4.78, 5) is 82.7. The lowest BCUT2D eigenvalue weighted by molar-refractivity contribution is -0.151. The molecule has 0 aliphatic carbocycles. The van der Waals surface area contributed by atoms with Crippen molar-refractivity contribution in [3.05, 3.63) is 47.7 Å². The van der Waals surface area contributed by atoms with Gasteiger partial charge in [0, 0.05) is 49.2 Å². The first-order chi connectivity index (χ1) is 25.1. The number of hydrogen-bond donors (Lipinski definition) is 3. The highest BCUT2D eigenvalue weighted by molar-refractivity contribution is 5.97. The van der Waals surface area contributed by atoms with Crippen LogP contribution in [0.4, 0.5) is 4.79 Å². The number of esters is 1. The normalized spacial score (nSPS) is 14.7. The summed E-state index contributed by atoms with van der Waals surface area (Å²) in [5, 5.41) is 15.7. The van der Waals surface area contributed by atoms with Crippen molar-refractivity contribution in [3.63, 3.8) is 0 Å². The van der Waals surface area contributed by atoms with E-state index in [1.807, 2.05) is 90.5 Å². The van der Waals surface area contributed by atoms with E-state index in [1.165, 1.54) is 23.8 Å². The van der Waals surface area contributed by atoms with Crippen LogP contribution < -0.4 is 10.6 Å². The predicted octanol–water partition coefficient (Wildman–Crippen LogP) is 5.17. The quantitative estimate of drug-likeness (QED) is 0.163. The molecule has 0 saturated carbocycles. The second-order valence-electron chi connectivity index (χ2n) is 17.1. The van der Waals surface area contributed by atoms with Gasteiger partial charge in [-0.15, -0.1) is 0 Å². The fourth-order valence-corrected chi connectivity index (χ4v) is 6.62. The zero-order valence-electron chi connectivity index (χ0n) is 35.3. The topological polar surface area (TPSA) is 177 Å². The number of amides is 4. The summed E-state index contributed by atoms with van der Waals surface area (Å²) in [5.74, 6) is -4.09. The number of aromatic nitrogens is 1. The van der Waals surface area contributed by atoms with Gasteiger partial charge in [-0.1, -0.05) is 72.7 Å². The summed E-state index contributed by atoms with van der Waals surface area (Å²) in [6.45, 7) is 21.3. The van der Waals surface area contributed by atoms with E-state index in [-0.39, 0.29) is 18.1 Å². The van der Waals surface area contributed by atoms with E-state index in [0.29, 0.717) is 0 Å². The summed E-state index contributed by atoms with van der Waals surface area (Å²) < 4.78 is 12.6. The number of ether oxygens (including phenoxy) is 2. The summed E-state index contributed by atoms with van der Waals surface area (Å²) in [6.07, 6.45) is 2.15. The van der Waals surface area contributed by atoms with Gasteiger partial charge >= 0.3 is 18.0 Å². The number of nitrogens with zero attached hydrogens (tertiary/aromatic N) is 3. The van der Waals surface area contributed by atoms with Crippen molar-refractivity contribution < 1.29 is 43.3 Å². The Balaban J connectivity index is 2.58. The van der Waals surface area contributed by atoms with E-state index in [0.717, 1.165) is 16.5 Å². The van der Waals surface area contributed by atoms with Gasteiger partial charge in [0.25, 0.3) is 0 Å². The number of carboxylic acids is 1. The highest BCUT2D eigenvalue weighted by atomic mass is 16.6. The van der Waals surface area contributed by atoms with Gasteiger partial charge in [-0.05, 0) is 57.6 Å². The fourth-order valence-electron chi connectivity index (χ4n) is 6.62. The third kappa shape index (κ3) is 11.8. The average molecular weight is 770 g/mol. The summed E-state index contributed by atoms with van der Waals surface area (Å²) in [7, 11) is 5.01. The number of hydrogen-bond acceptors (Lipinski definition) is 8. The third-order valence-electron chi connectivity index (χ3n) is 9.50. The third-order valence-corrected chi connectivity index (χ3v) is 9.50. The lowest BCUT2D eigenvalue weighted by Gasteiger charge is -2.42. The minimum absolute atomic E-state index is 0.00611. The second-order valence-corrected chi connectivity index (χ2v) is 17.1. The van der Waals surface area contributed by atoms with Crippen LogP contribution in [0.2, 0.25) is 0 Å². The van der Waals surface area contributed by atoms with Crippen LogP contribution in [0.1, 0.15) is 95.1 Å². The molecule has 1 heterocycles. The fraction of sp³-hybridized carbons (Fsp3) is 0.610. The largest absolute Gasteiger partial charge is 0.481 e. The van der Waals surface area contributed by atoms with Crippen LogP contribution in [-0.4, -0.2) is 106 Å². The minimum atomic E-state index is -1.41. The van der Waals surface area contributed by atoms with Crippen molar-refractivity contribution in [2.45, 2.75) is 125 Å². The molecule has 0 spiro atoms. The first-order valence-electron chi connectivity index (χ1n) is 18.6. The zero-order valence-corrected chi connectivity index (χ0v) is 35.3. The Bertz CT molecular complexity index is 1760. The number of para-hydroxylation sites is 1. The molecule has 0 bridgehead atoms. The Morgan fingerprint density at radius 3 is 2.02 bits per heavy atom. The molecule has 0 aliphatic heterocycles. The van der Waals surface area contributed by atoms with Crippen molar-refractivity contribution in [2.75, 3.05) is 20.7 Å². The number of carbonyl (C=O) groups excluding carboxylic acids is 5. The van der Waals surface area contributed by atoms with Crippen LogP contribution in [0.25, 0.3) is 10.9 Å². The van der Waals surface area contributed by atoms with Gasteiger partial charge in [-0.3, -0.25) is 24.1 Å². The maximum atomic E-state index is 14.8. The highest BCUT2D eigenvalue weighted by Gasteiger charge is 2.47. The maximum absolute atomic E-state index is 14.8. The Morgan fingerprint density at radius 1 is 0.927 bits per heavy atom. The second kappa shape index (κ2) is 18.2. The number of carbonyl (C=O) groups is 6. The molecule has 0 fully saturated rings. The van der Waals surface area contributed by atoms with Gasteiger partial charge in [0.1, 0.15) is 23.7 Å². The van der Waals surface area contributed by atoms with Gasteiger partial charge in [-0.2, -0.15) is 0 Å². The molecule has 55 heavy (non-hydrogen) atoms. The Kier molecular flexibility index (Phi) is 15.3. The monoisotopic (exact) mass is 769 g/mol. The summed E-state index contributed by atoms with van der Waals surface area (Å²) >= 11 is 0. The van der Waals surface area contributed by atoms with Crippen LogP contribution in [0.3, 0.4) is 0 Å². The molecule has 2 rings (SSSR count). The molecular formula is C41H63N5O9. The number of nitrogens with one attached hydrogen (secondary N) is 2. The minimum Gasteiger partial charge on any atom is -0.481 e. The Morgan fingerprint density at radius 2 is 1.51 bits per heavy atom. The van der Waals surface area contributed by atoms with E-state index in [4.69, 9.17) is 9.47 Å². The van der Waals surface area contributed by atoms with Crippen LogP contribution in [0.5, 0.6) is 0 Å². The van der Waals surface area contributed by atoms with E-state index in [9.17, 15) is 33.9 Å². The summed E-state index contributed by atoms with van der Waals surface area (Å²) in [5.41, 5.74) is -0.740. The van der Waals surface area contributed by atoms with Gasteiger partial charge in [0.05, 0.1) is 19.1 Å². The molecule has 0 radical (unpaired) electrons. The van der Waals surface area contributed by atoms with E-state index < -0.39 is 82.8 Å². The molecule has 1 aromatic heterocycles. The Hall–Kier alpha value is -4.88. The number of carboxylic acid groups (broad SMARTS) is 1. The van der Waals surface area contributed by atoms with Crippen molar-refractivity contribution in [1.82, 2.24) is 25.0 Å². The van der Waals surface area contributed by atoms with Crippen LogP contribution in [0.15, 0.2) is 42.1 Å². The number of benzene rings is 1. The zero-order chi connectivity index (χ0) is 42.4. The van der Waals surface area contributed by atoms with Crippen molar-refractivity contribution in [3.8, 4) is 0 Å². The molecule has 3 N–H and O–H groups in total. The number of fused-ring (bicyclic) bond motifs is 1. The molecule has 0 saturated heterocycles. The maximum Gasteiger partial charge on any atom is 0.410 e. The number of aryl methyl sites for hydroxylation is 1. The van der Waals surface area contributed by atoms with Gasteiger partial charge in [0.2, 0.25) is 17.7 Å². The lowest BCUT2D eigenvalue weighted by Crippen LogP contribution is -2.63. The van der Waals surface area contributed by atoms with Crippen molar-refractivity contribution >= 4 is 46.7 Å². The molecule has 1 aromatic carbocycles. The first kappa shape index (κ1) is 46.3. The van der Waals surface area contributed by atoms with Gasteiger partial charge < -0.3 is 34.7 Å². The highest BCUT2D eigenvalue weighted by Crippen LogP contribution is 2.37. The molecule has 306 valence electrons. The molecule has 4 amide bonds. The molecule has 14 heteroatoms. The van der Waals surface area contributed by atoms with Crippen LogP contribution in [0, 0.1) is 11.3 Å². The van der Waals surface area contributed by atoms with E-state index >= 15 is 0 Å². The number of likely N-dealkylation sites (N-methyl/N-ethyl adjacent to an activating group) is 2. The molecule has 2 aromatic rings. The molecular weight excluding hydrogens is 706 g/mol. The van der Waals surface area contributed by atoms with Crippen molar-refractivity contribution in [2.24, 2.45) is 18.4 Å². The van der Waals surface area contributed by atoms with Crippen LogP contribution >= 0.6 is 0 Å². The van der Waals surface area contributed by atoms with E-state index in [1.54, 1.807) is 40.8 Å². The van der Waals surface area contributed by atoms with E-state index in [2.05, 4.69) is 10.6 Å². The lowest BCUT2D eigenvalue weighted by atomic mass is 9.76. The molecule has 0 aliphatic rings.